The predicted octanol–water partition coefficient (Wildman–Crippen LogP) is 4.22. The summed E-state index contributed by atoms with van der Waals surface area (Å²) in [7, 11) is 0. The molecule has 1 aliphatic carbocycles. The second-order valence-electron chi connectivity index (χ2n) is 6.04. The Morgan fingerprint density at radius 2 is 1.24 bits per heavy atom. The normalized spacial score (nSPS) is 14.9. The molecule has 21 heavy (non-hydrogen) atoms. The Morgan fingerprint density at radius 3 is 1.81 bits per heavy atom. The summed E-state index contributed by atoms with van der Waals surface area (Å²) in [5, 5.41) is 0. The molecule has 2 aromatic carbocycles. The molecule has 0 unspecified atom stereocenters. The van der Waals surface area contributed by atoms with Gasteiger partial charge in [-0.2, -0.15) is 0 Å². The first-order valence-corrected chi connectivity index (χ1v) is 7.33. The fourth-order valence-electron chi connectivity index (χ4n) is 2.79. The van der Waals surface area contributed by atoms with Gasteiger partial charge in [0, 0.05) is 22.3 Å². The van der Waals surface area contributed by atoms with E-state index in [9.17, 15) is 9.59 Å². The molecule has 2 aromatic rings. The van der Waals surface area contributed by atoms with Gasteiger partial charge in [-0.25, -0.2) is 0 Å². The largest absolute Gasteiger partial charge is 0.289 e. The average Bonchev–Trinajstić information content (AvgIpc) is 2.51. The lowest BCUT2D eigenvalue weighted by molar-refractivity contribution is 0.0979. The van der Waals surface area contributed by atoms with E-state index >= 15 is 0 Å². The van der Waals surface area contributed by atoms with Crippen LogP contribution in [0.3, 0.4) is 0 Å². The molecule has 2 heteroatoms. The minimum absolute atomic E-state index is 0.0435. The maximum Gasteiger partial charge on any atom is 0.194 e. The number of benzene rings is 2. The van der Waals surface area contributed by atoms with E-state index in [0.29, 0.717) is 34.1 Å². The molecule has 0 aromatic heterocycles. The van der Waals surface area contributed by atoms with Crippen LogP contribution in [0.4, 0.5) is 0 Å². The van der Waals surface area contributed by atoms with E-state index in [0.717, 1.165) is 5.56 Å². The lowest BCUT2D eigenvalue weighted by atomic mass is 9.81. The number of rotatable bonds is 2. The molecule has 3 rings (SSSR count). The summed E-state index contributed by atoms with van der Waals surface area (Å²) in [6, 6.07) is 12.7. The van der Waals surface area contributed by atoms with Gasteiger partial charge in [-0.1, -0.05) is 57.2 Å². The van der Waals surface area contributed by atoms with E-state index in [1.54, 1.807) is 30.3 Å². The Labute approximate surface area is 124 Å². The molecular weight excluding hydrogens is 260 g/mol. The van der Waals surface area contributed by atoms with E-state index in [1.165, 1.54) is 0 Å². The predicted molar refractivity (Wildman–Crippen MR) is 83.0 cm³/mol. The molecule has 0 heterocycles. The van der Waals surface area contributed by atoms with Crippen LogP contribution in [-0.2, 0) is 0 Å². The molecule has 1 aliphatic rings. The molecule has 0 radical (unpaired) electrons. The number of ketones is 2. The molecule has 0 N–H and O–H groups in total. The van der Waals surface area contributed by atoms with E-state index in [1.807, 2.05) is 12.1 Å². The smallest absolute Gasteiger partial charge is 0.194 e. The first-order valence-electron chi connectivity index (χ1n) is 7.33. The summed E-state index contributed by atoms with van der Waals surface area (Å²) in [6.07, 6.45) is 0. The second-order valence-corrected chi connectivity index (χ2v) is 6.04. The molecule has 0 fully saturated rings. The molecule has 2 nitrogen and oxygen atoms in total. The van der Waals surface area contributed by atoms with E-state index in [-0.39, 0.29) is 11.6 Å². The van der Waals surface area contributed by atoms with Crippen molar-refractivity contribution in [3.05, 3.63) is 70.3 Å². The van der Waals surface area contributed by atoms with Crippen molar-refractivity contribution >= 4 is 11.6 Å². The molecule has 0 saturated heterocycles. The summed E-state index contributed by atoms with van der Waals surface area (Å²) >= 11 is 0. The first-order chi connectivity index (χ1) is 10.0. The third-order valence-corrected chi connectivity index (χ3v) is 4.47. The minimum atomic E-state index is -0.0519. The maximum atomic E-state index is 12.6. The van der Waals surface area contributed by atoms with Crippen LogP contribution >= 0.6 is 0 Å². The Bertz CT molecular complexity index is 741. The number of hydrogen-bond donors (Lipinski definition) is 0. The lowest BCUT2D eigenvalue weighted by Gasteiger charge is -2.21. The van der Waals surface area contributed by atoms with Gasteiger partial charge < -0.3 is 0 Å². The van der Waals surface area contributed by atoms with Crippen LogP contribution in [-0.4, -0.2) is 11.6 Å². The van der Waals surface area contributed by atoms with Crippen molar-refractivity contribution in [3.63, 3.8) is 0 Å². The van der Waals surface area contributed by atoms with Crippen molar-refractivity contribution in [1.29, 1.82) is 0 Å². The second kappa shape index (κ2) is 4.96. The topological polar surface area (TPSA) is 34.1 Å². The highest BCUT2D eigenvalue weighted by atomic mass is 16.1. The highest BCUT2D eigenvalue weighted by Crippen LogP contribution is 2.31. The summed E-state index contributed by atoms with van der Waals surface area (Å²) in [5.41, 5.74) is 3.22. The van der Waals surface area contributed by atoms with Crippen LogP contribution < -0.4 is 0 Å². The SMILES string of the molecule is CC(C)[C@H](C)c1ccc2c(c1)C(=O)c1ccccc1C2=O. The van der Waals surface area contributed by atoms with Crippen LogP contribution in [0.15, 0.2) is 42.5 Å². The van der Waals surface area contributed by atoms with E-state index in [4.69, 9.17) is 0 Å². The Kier molecular flexibility index (Phi) is 3.25. The molecular formula is C19H18O2. The number of carbonyl (C=O) groups excluding carboxylic acids is 2. The molecule has 0 aliphatic heterocycles. The van der Waals surface area contributed by atoms with Gasteiger partial charge in [0.2, 0.25) is 0 Å². The number of hydrogen-bond acceptors (Lipinski definition) is 2. The van der Waals surface area contributed by atoms with Crippen molar-refractivity contribution in [2.45, 2.75) is 26.7 Å². The van der Waals surface area contributed by atoms with Crippen molar-refractivity contribution < 1.29 is 9.59 Å². The molecule has 106 valence electrons. The lowest BCUT2D eigenvalue weighted by Crippen LogP contribution is -2.21. The minimum Gasteiger partial charge on any atom is -0.289 e. The molecule has 0 bridgehead atoms. The standard InChI is InChI=1S/C19H18O2/c1-11(2)12(3)13-8-9-16-17(10-13)19(21)15-7-5-4-6-14(15)18(16)20/h4-12H,1-3H3/t12-/m0/s1. The van der Waals surface area contributed by atoms with Crippen LogP contribution in [0.5, 0.6) is 0 Å². The Hall–Kier alpha value is -2.22. The highest BCUT2D eigenvalue weighted by Gasteiger charge is 2.29. The van der Waals surface area contributed by atoms with Crippen LogP contribution in [0.2, 0.25) is 0 Å². The fourth-order valence-corrected chi connectivity index (χ4v) is 2.79. The van der Waals surface area contributed by atoms with Gasteiger partial charge in [-0.15, -0.1) is 0 Å². The highest BCUT2D eigenvalue weighted by molar-refractivity contribution is 6.28. The Balaban J connectivity index is 2.15. The molecule has 0 spiro atoms. The number of fused-ring (bicyclic) bond motifs is 2. The average molecular weight is 278 g/mol. The van der Waals surface area contributed by atoms with Crippen LogP contribution in [0.25, 0.3) is 0 Å². The molecule has 1 atom stereocenters. The zero-order valence-corrected chi connectivity index (χ0v) is 12.5. The van der Waals surface area contributed by atoms with Gasteiger partial charge in [0.05, 0.1) is 0 Å². The zero-order valence-electron chi connectivity index (χ0n) is 12.5. The van der Waals surface area contributed by atoms with Crippen LogP contribution in [0, 0.1) is 5.92 Å². The summed E-state index contributed by atoms with van der Waals surface area (Å²) in [6.45, 7) is 6.47. The van der Waals surface area contributed by atoms with Crippen LogP contribution in [0.1, 0.15) is 64.1 Å². The van der Waals surface area contributed by atoms with E-state index < -0.39 is 0 Å². The third-order valence-electron chi connectivity index (χ3n) is 4.47. The third kappa shape index (κ3) is 2.11. The van der Waals surface area contributed by atoms with E-state index in [2.05, 4.69) is 20.8 Å². The molecule has 0 saturated carbocycles. The van der Waals surface area contributed by atoms with Crippen molar-refractivity contribution in [3.8, 4) is 0 Å². The van der Waals surface area contributed by atoms with Gasteiger partial charge in [0.25, 0.3) is 0 Å². The quantitative estimate of drug-likeness (QED) is 0.703. The monoisotopic (exact) mass is 278 g/mol. The van der Waals surface area contributed by atoms with Gasteiger partial charge in [-0.05, 0) is 23.5 Å². The van der Waals surface area contributed by atoms with Crippen molar-refractivity contribution in [2.24, 2.45) is 5.92 Å². The Morgan fingerprint density at radius 1 is 0.714 bits per heavy atom. The fraction of sp³-hybridized carbons (Fsp3) is 0.263. The summed E-state index contributed by atoms with van der Waals surface area (Å²) < 4.78 is 0. The summed E-state index contributed by atoms with van der Waals surface area (Å²) in [4.78, 5) is 25.2. The van der Waals surface area contributed by atoms with Gasteiger partial charge in [0.1, 0.15) is 0 Å². The zero-order chi connectivity index (χ0) is 15.1. The van der Waals surface area contributed by atoms with Crippen molar-refractivity contribution in [1.82, 2.24) is 0 Å². The maximum absolute atomic E-state index is 12.6. The van der Waals surface area contributed by atoms with Crippen molar-refractivity contribution in [2.75, 3.05) is 0 Å². The van der Waals surface area contributed by atoms with Gasteiger partial charge in [0.15, 0.2) is 11.6 Å². The molecule has 0 amide bonds. The summed E-state index contributed by atoms with van der Waals surface area (Å²) in [5.74, 6) is 0.752. The first kappa shape index (κ1) is 13.7. The van der Waals surface area contributed by atoms with Gasteiger partial charge >= 0.3 is 0 Å². The van der Waals surface area contributed by atoms with Gasteiger partial charge in [-0.3, -0.25) is 9.59 Å². The number of carbonyl (C=O) groups is 2.